The molecule has 132 valence electrons. The van der Waals surface area contributed by atoms with Crippen LogP contribution < -0.4 is 10.1 Å². The van der Waals surface area contributed by atoms with E-state index in [1.54, 1.807) is 13.3 Å². The van der Waals surface area contributed by atoms with Gasteiger partial charge in [0.25, 0.3) is 0 Å². The zero-order chi connectivity index (χ0) is 17.2. The Morgan fingerprint density at radius 3 is 2.84 bits per heavy atom. The second-order valence-electron chi connectivity index (χ2n) is 6.84. The molecule has 0 bridgehead atoms. The summed E-state index contributed by atoms with van der Waals surface area (Å²) in [6.45, 7) is 1.57. The predicted molar refractivity (Wildman–Crippen MR) is 94.7 cm³/mol. The molecule has 2 aliphatic rings. The van der Waals surface area contributed by atoms with Gasteiger partial charge in [-0.25, -0.2) is 4.79 Å². The summed E-state index contributed by atoms with van der Waals surface area (Å²) in [5.41, 5.74) is 3.60. The first-order chi connectivity index (χ1) is 12.3. The molecule has 2 aromatic rings. The number of amides is 2. The van der Waals surface area contributed by atoms with Crippen molar-refractivity contribution < 1.29 is 9.53 Å². The fraction of sp³-hybridized carbons (Fsp3) is 0.474. The molecule has 1 aromatic heterocycles. The van der Waals surface area contributed by atoms with Crippen molar-refractivity contribution in [2.75, 3.05) is 20.2 Å². The first kappa shape index (κ1) is 16.0. The van der Waals surface area contributed by atoms with Gasteiger partial charge in [-0.3, -0.25) is 5.10 Å². The number of aromatic amines is 1. The number of rotatable bonds is 3. The highest BCUT2D eigenvalue weighted by molar-refractivity contribution is 5.75. The number of hydrogen-bond donors (Lipinski definition) is 2. The van der Waals surface area contributed by atoms with Crippen molar-refractivity contribution in [3.8, 4) is 5.75 Å². The predicted octanol–water partition coefficient (Wildman–Crippen LogP) is 2.99. The van der Waals surface area contributed by atoms with Gasteiger partial charge < -0.3 is 15.0 Å². The molecule has 1 aromatic carbocycles. The van der Waals surface area contributed by atoms with Crippen molar-refractivity contribution in [3.63, 3.8) is 0 Å². The maximum Gasteiger partial charge on any atom is 0.317 e. The molecule has 6 heteroatoms. The molecule has 0 spiro atoms. The van der Waals surface area contributed by atoms with Gasteiger partial charge in [0.2, 0.25) is 0 Å². The van der Waals surface area contributed by atoms with E-state index < -0.39 is 0 Å². The van der Waals surface area contributed by atoms with E-state index in [0.717, 1.165) is 44.5 Å². The number of benzene rings is 1. The van der Waals surface area contributed by atoms with Crippen LogP contribution in [-0.4, -0.2) is 41.3 Å². The van der Waals surface area contributed by atoms with E-state index in [9.17, 15) is 4.79 Å². The third kappa shape index (κ3) is 3.08. The summed E-state index contributed by atoms with van der Waals surface area (Å²) in [4.78, 5) is 14.6. The third-order valence-corrected chi connectivity index (χ3v) is 5.49. The van der Waals surface area contributed by atoms with Crippen LogP contribution in [0.25, 0.3) is 0 Å². The first-order valence-corrected chi connectivity index (χ1v) is 8.96. The molecular formula is C19H24N4O2. The Labute approximate surface area is 147 Å². The van der Waals surface area contributed by atoms with E-state index in [-0.39, 0.29) is 12.1 Å². The maximum atomic E-state index is 12.7. The number of carbonyl (C=O) groups excluding carboxylic acids is 1. The van der Waals surface area contributed by atoms with Crippen LogP contribution in [-0.2, 0) is 6.42 Å². The molecule has 0 radical (unpaired) electrons. The number of nitrogens with zero attached hydrogens (tertiary/aromatic N) is 2. The first-order valence-electron chi connectivity index (χ1n) is 8.96. The summed E-state index contributed by atoms with van der Waals surface area (Å²) in [6.07, 6.45) is 5.63. The van der Waals surface area contributed by atoms with Crippen LogP contribution in [0.3, 0.4) is 0 Å². The van der Waals surface area contributed by atoms with E-state index in [4.69, 9.17) is 4.74 Å². The Morgan fingerprint density at radius 1 is 1.28 bits per heavy atom. The normalized spacial score (nSPS) is 20.4. The lowest BCUT2D eigenvalue weighted by Gasteiger charge is -2.32. The van der Waals surface area contributed by atoms with Crippen LogP contribution >= 0.6 is 0 Å². The lowest BCUT2D eigenvalue weighted by Crippen LogP contribution is -2.45. The molecule has 25 heavy (non-hydrogen) atoms. The molecule has 0 unspecified atom stereocenters. The number of ether oxygens (including phenoxy) is 1. The summed E-state index contributed by atoms with van der Waals surface area (Å²) in [7, 11) is 1.70. The number of nitrogens with one attached hydrogen (secondary N) is 2. The zero-order valence-electron chi connectivity index (χ0n) is 14.5. The minimum Gasteiger partial charge on any atom is -0.496 e. The summed E-state index contributed by atoms with van der Waals surface area (Å²) < 4.78 is 5.44. The van der Waals surface area contributed by atoms with Crippen molar-refractivity contribution in [1.82, 2.24) is 20.4 Å². The van der Waals surface area contributed by atoms with Crippen LogP contribution in [0.1, 0.15) is 48.0 Å². The Morgan fingerprint density at radius 2 is 2.12 bits per heavy atom. The SMILES string of the molecule is COc1cccc2c1CC[C@@H]2NC(=O)N1CCC(c2ccn[nH]2)CC1. The number of fused-ring (bicyclic) bond motifs is 1. The Hall–Kier alpha value is -2.50. The van der Waals surface area contributed by atoms with Gasteiger partial charge in [-0.1, -0.05) is 12.1 Å². The number of H-pyrrole nitrogens is 1. The maximum absolute atomic E-state index is 12.7. The lowest BCUT2D eigenvalue weighted by molar-refractivity contribution is 0.177. The topological polar surface area (TPSA) is 70.2 Å². The van der Waals surface area contributed by atoms with Crippen LogP contribution in [0.5, 0.6) is 5.75 Å². The molecule has 4 rings (SSSR count). The minimum atomic E-state index is 0.0451. The number of methoxy groups -OCH3 is 1. The van der Waals surface area contributed by atoms with Crippen molar-refractivity contribution in [2.24, 2.45) is 0 Å². The molecule has 6 nitrogen and oxygen atoms in total. The second kappa shape index (κ2) is 6.78. The fourth-order valence-corrected chi connectivity index (χ4v) is 4.09. The molecule has 1 aliphatic carbocycles. The van der Waals surface area contributed by atoms with Crippen molar-refractivity contribution in [1.29, 1.82) is 0 Å². The molecule has 1 aliphatic heterocycles. The average Bonchev–Trinajstić information content (AvgIpc) is 3.32. The van der Waals surface area contributed by atoms with E-state index in [1.807, 2.05) is 23.1 Å². The Bertz CT molecular complexity index is 736. The molecule has 1 atom stereocenters. The Balaban J connectivity index is 1.37. The van der Waals surface area contributed by atoms with Gasteiger partial charge in [0.15, 0.2) is 0 Å². The van der Waals surface area contributed by atoms with E-state index in [2.05, 4.69) is 21.6 Å². The van der Waals surface area contributed by atoms with E-state index in [1.165, 1.54) is 16.8 Å². The van der Waals surface area contributed by atoms with E-state index in [0.29, 0.717) is 5.92 Å². The molecule has 2 amide bonds. The van der Waals surface area contributed by atoms with Crippen LogP contribution in [0, 0.1) is 0 Å². The molecule has 2 heterocycles. The van der Waals surface area contributed by atoms with Crippen molar-refractivity contribution >= 4 is 6.03 Å². The van der Waals surface area contributed by atoms with Gasteiger partial charge in [0, 0.05) is 30.9 Å². The summed E-state index contributed by atoms with van der Waals surface area (Å²) in [6, 6.07) is 8.25. The lowest BCUT2D eigenvalue weighted by atomic mass is 9.94. The van der Waals surface area contributed by atoms with Gasteiger partial charge in [0.05, 0.1) is 13.2 Å². The summed E-state index contributed by atoms with van der Waals surface area (Å²) in [5.74, 6) is 1.40. The van der Waals surface area contributed by atoms with Gasteiger partial charge >= 0.3 is 6.03 Å². The van der Waals surface area contributed by atoms with Gasteiger partial charge in [0.1, 0.15) is 5.75 Å². The monoisotopic (exact) mass is 340 g/mol. The number of piperidine rings is 1. The van der Waals surface area contributed by atoms with Crippen LogP contribution in [0.2, 0.25) is 0 Å². The van der Waals surface area contributed by atoms with Crippen molar-refractivity contribution in [3.05, 3.63) is 47.3 Å². The average molecular weight is 340 g/mol. The second-order valence-corrected chi connectivity index (χ2v) is 6.84. The van der Waals surface area contributed by atoms with Gasteiger partial charge in [-0.15, -0.1) is 0 Å². The number of likely N-dealkylation sites (tertiary alicyclic amines) is 1. The number of aromatic nitrogens is 2. The highest BCUT2D eigenvalue weighted by atomic mass is 16.5. The van der Waals surface area contributed by atoms with E-state index >= 15 is 0 Å². The highest BCUT2D eigenvalue weighted by Crippen LogP contribution is 2.37. The summed E-state index contributed by atoms with van der Waals surface area (Å²) >= 11 is 0. The fourth-order valence-electron chi connectivity index (χ4n) is 4.09. The van der Waals surface area contributed by atoms with Gasteiger partial charge in [-0.2, -0.15) is 5.10 Å². The van der Waals surface area contributed by atoms with Crippen molar-refractivity contribution in [2.45, 2.75) is 37.6 Å². The van der Waals surface area contributed by atoms with Crippen LogP contribution in [0.4, 0.5) is 4.79 Å². The minimum absolute atomic E-state index is 0.0451. The molecule has 1 saturated heterocycles. The largest absolute Gasteiger partial charge is 0.496 e. The zero-order valence-corrected chi connectivity index (χ0v) is 14.5. The number of carbonyl (C=O) groups is 1. The summed E-state index contributed by atoms with van der Waals surface area (Å²) in [5, 5.41) is 10.3. The highest BCUT2D eigenvalue weighted by Gasteiger charge is 2.29. The number of urea groups is 1. The molecule has 0 saturated carbocycles. The molecule has 2 N–H and O–H groups in total. The molecule has 1 fully saturated rings. The Kier molecular flexibility index (Phi) is 4.34. The molecular weight excluding hydrogens is 316 g/mol. The smallest absolute Gasteiger partial charge is 0.317 e. The van der Waals surface area contributed by atoms with Crippen LogP contribution in [0.15, 0.2) is 30.5 Å². The van der Waals surface area contributed by atoms with Gasteiger partial charge in [-0.05, 0) is 48.9 Å². The quantitative estimate of drug-likeness (QED) is 0.902. The third-order valence-electron chi connectivity index (χ3n) is 5.49. The standard InChI is InChI=1S/C19H24N4O2/c1-25-18-4-2-3-14-15(18)5-6-17(14)21-19(24)23-11-8-13(9-12-23)16-7-10-20-22-16/h2-4,7,10,13,17H,5-6,8-9,11-12H2,1H3,(H,20,22)(H,21,24)/t17-/m0/s1. The number of hydrogen-bond acceptors (Lipinski definition) is 3.